The first kappa shape index (κ1) is 17.6. The highest BCUT2D eigenvalue weighted by Gasteiger charge is 2.52. The van der Waals surface area contributed by atoms with Gasteiger partial charge in [0.05, 0.1) is 17.5 Å². The number of rotatable bonds is 3. The quantitative estimate of drug-likeness (QED) is 0.866. The van der Waals surface area contributed by atoms with E-state index in [1.54, 1.807) is 15.8 Å². The summed E-state index contributed by atoms with van der Waals surface area (Å²) < 4.78 is 1.74. The van der Waals surface area contributed by atoms with Gasteiger partial charge in [0.15, 0.2) is 0 Å². The Morgan fingerprint density at radius 2 is 2.07 bits per heavy atom. The number of nitrogens with one attached hydrogen (secondary N) is 1. The SMILES string of the molecule is CC1CCCCC12CC(=O)NN2C(=O)Cn1cc(C(N)=O)c2ccccc21. The van der Waals surface area contributed by atoms with Crippen molar-refractivity contribution < 1.29 is 14.4 Å². The first-order valence-corrected chi connectivity index (χ1v) is 9.42. The van der Waals surface area contributed by atoms with Crippen LogP contribution in [0.5, 0.6) is 0 Å². The number of carbonyl (C=O) groups is 3. The Hall–Kier alpha value is -2.83. The number of hydrogen-bond donors (Lipinski definition) is 2. The van der Waals surface area contributed by atoms with Crippen molar-refractivity contribution in [3.8, 4) is 0 Å². The Morgan fingerprint density at radius 3 is 2.81 bits per heavy atom. The normalized spacial score (nSPS) is 25.1. The first-order chi connectivity index (χ1) is 12.9. The molecule has 1 aliphatic heterocycles. The van der Waals surface area contributed by atoms with Crippen LogP contribution in [0.15, 0.2) is 30.5 Å². The van der Waals surface area contributed by atoms with Crippen LogP contribution in [0.1, 0.15) is 49.4 Å². The van der Waals surface area contributed by atoms with Crippen LogP contribution in [0.25, 0.3) is 10.9 Å². The lowest BCUT2D eigenvalue weighted by Gasteiger charge is -2.44. The number of para-hydroxylation sites is 1. The van der Waals surface area contributed by atoms with Gasteiger partial charge in [-0.2, -0.15) is 0 Å². The molecular weight excluding hydrogens is 344 g/mol. The van der Waals surface area contributed by atoms with Crippen LogP contribution in [-0.4, -0.2) is 32.8 Å². The number of hydrogen-bond acceptors (Lipinski definition) is 3. The maximum Gasteiger partial charge on any atom is 0.261 e. The van der Waals surface area contributed by atoms with E-state index in [0.29, 0.717) is 12.0 Å². The summed E-state index contributed by atoms with van der Waals surface area (Å²) in [4.78, 5) is 37.1. The maximum absolute atomic E-state index is 13.2. The van der Waals surface area contributed by atoms with Gasteiger partial charge in [-0.3, -0.25) is 19.8 Å². The Balaban J connectivity index is 1.67. The van der Waals surface area contributed by atoms with Gasteiger partial charge in [0.25, 0.3) is 11.8 Å². The molecule has 1 aliphatic carbocycles. The van der Waals surface area contributed by atoms with E-state index >= 15 is 0 Å². The summed E-state index contributed by atoms with van der Waals surface area (Å²) in [6, 6.07) is 7.37. The largest absolute Gasteiger partial charge is 0.366 e. The molecule has 1 spiro atoms. The summed E-state index contributed by atoms with van der Waals surface area (Å²) in [6.07, 6.45) is 5.97. The summed E-state index contributed by atoms with van der Waals surface area (Å²) in [5.41, 5.74) is 9.00. The maximum atomic E-state index is 13.2. The van der Waals surface area contributed by atoms with Gasteiger partial charge >= 0.3 is 0 Å². The molecule has 4 rings (SSSR count). The summed E-state index contributed by atoms with van der Waals surface area (Å²) >= 11 is 0. The monoisotopic (exact) mass is 368 g/mol. The van der Waals surface area contributed by atoms with Crippen molar-refractivity contribution in [1.29, 1.82) is 0 Å². The standard InChI is InChI=1S/C20H24N4O3/c1-13-6-4-5-9-20(13)10-17(25)22-24(20)18(26)12-23-11-15(19(21)27)14-7-2-3-8-16(14)23/h2-3,7-8,11,13H,4-6,9-10,12H2,1H3,(H2,21,27)(H,22,25). The highest BCUT2D eigenvalue weighted by atomic mass is 16.2. The van der Waals surface area contributed by atoms with E-state index in [1.807, 2.05) is 24.3 Å². The first-order valence-electron chi connectivity index (χ1n) is 9.42. The Bertz CT molecular complexity index is 934. The minimum absolute atomic E-state index is 0.0442. The van der Waals surface area contributed by atoms with Crippen LogP contribution in [-0.2, 0) is 16.1 Å². The van der Waals surface area contributed by atoms with Crippen LogP contribution in [0.4, 0.5) is 0 Å². The van der Waals surface area contributed by atoms with Crippen molar-refractivity contribution in [1.82, 2.24) is 15.0 Å². The van der Waals surface area contributed by atoms with Gasteiger partial charge in [0.2, 0.25) is 5.91 Å². The fourth-order valence-corrected chi connectivity index (χ4v) is 4.73. The van der Waals surface area contributed by atoms with Gasteiger partial charge in [-0.15, -0.1) is 0 Å². The Morgan fingerprint density at radius 1 is 1.30 bits per heavy atom. The highest BCUT2D eigenvalue weighted by Crippen LogP contribution is 2.43. The summed E-state index contributed by atoms with van der Waals surface area (Å²) in [7, 11) is 0. The van der Waals surface area contributed by atoms with E-state index < -0.39 is 11.4 Å². The zero-order valence-electron chi connectivity index (χ0n) is 15.4. The molecule has 3 N–H and O–H groups in total. The lowest BCUT2D eigenvalue weighted by Crippen LogP contribution is -2.57. The lowest BCUT2D eigenvalue weighted by molar-refractivity contribution is -0.145. The molecule has 1 aromatic carbocycles. The number of aromatic nitrogens is 1. The van der Waals surface area contributed by atoms with Crippen LogP contribution >= 0.6 is 0 Å². The molecule has 7 nitrogen and oxygen atoms in total. The minimum Gasteiger partial charge on any atom is -0.366 e. The molecule has 2 aromatic rings. The number of nitrogens with zero attached hydrogens (tertiary/aromatic N) is 2. The third-order valence-corrected chi connectivity index (χ3v) is 6.17. The zero-order valence-corrected chi connectivity index (χ0v) is 15.4. The van der Waals surface area contributed by atoms with Crippen molar-refractivity contribution in [3.63, 3.8) is 0 Å². The Kier molecular flexibility index (Phi) is 4.17. The van der Waals surface area contributed by atoms with Crippen LogP contribution in [0, 0.1) is 5.92 Å². The third-order valence-electron chi connectivity index (χ3n) is 6.17. The van der Waals surface area contributed by atoms with Gasteiger partial charge < -0.3 is 10.3 Å². The van der Waals surface area contributed by atoms with Gasteiger partial charge in [-0.05, 0) is 24.8 Å². The lowest BCUT2D eigenvalue weighted by atomic mass is 9.72. The number of nitrogens with two attached hydrogens (primary N) is 1. The molecule has 0 bridgehead atoms. The van der Waals surface area contributed by atoms with Crippen molar-refractivity contribution in [2.45, 2.75) is 51.1 Å². The average Bonchev–Trinajstić information content (AvgIpc) is 3.17. The molecule has 1 saturated carbocycles. The average molecular weight is 368 g/mol. The van der Waals surface area contributed by atoms with Crippen LogP contribution < -0.4 is 11.2 Å². The van der Waals surface area contributed by atoms with E-state index in [2.05, 4.69) is 12.3 Å². The molecule has 2 atom stereocenters. The smallest absolute Gasteiger partial charge is 0.261 e. The topological polar surface area (TPSA) is 97.4 Å². The molecule has 1 aromatic heterocycles. The summed E-state index contributed by atoms with van der Waals surface area (Å²) in [5.74, 6) is -0.542. The number of amides is 3. The fourth-order valence-electron chi connectivity index (χ4n) is 4.73. The summed E-state index contributed by atoms with van der Waals surface area (Å²) in [5, 5.41) is 2.29. The number of fused-ring (bicyclic) bond motifs is 1. The van der Waals surface area contributed by atoms with Gasteiger partial charge in [0, 0.05) is 17.1 Å². The van der Waals surface area contributed by atoms with Crippen molar-refractivity contribution in [3.05, 3.63) is 36.0 Å². The van der Waals surface area contributed by atoms with Crippen molar-refractivity contribution in [2.75, 3.05) is 0 Å². The predicted octanol–water partition coefficient (Wildman–Crippen LogP) is 1.95. The number of benzene rings is 1. The van der Waals surface area contributed by atoms with Crippen LogP contribution in [0.2, 0.25) is 0 Å². The van der Waals surface area contributed by atoms with Gasteiger partial charge in [0.1, 0.15) is 6.54 Å². The number of hydrazine groups is 1. The number of primary amides is 1. The second kappa shape index (κ2) is 6.40. The zero-order chi connectivity index (χ0) is 19.2. The number of carbonyl (C=O) groups excluding carboxylic acids is 3. The summed E-state index contributed by atoms with van der Waals surface area (Å²) in [6.45, 7) is 2.17. The molecule has 2 heterocycles. The fraction of sp³-hybridized carbons (Fsp3) is 0.450. The third kappa shape index (κ3) is 2.78. The molecule has 2 aliphatic rings. The van der Waals surface area contributed by atoms with Crippen LogP contribution in [0.3, 0.4) is 0 Å². The van der Waals surface area contributed by atoms with E-state index in [4.69, 9.17) is 5.73 Å². The second-order valence-corrected chi connectivity index (χ2v) is 7.74. The molecule has 27 heavy (non-hydrogen) atoms. The molecule has 2 unspecified atom stereocenters. The van der Waals surface area contributed by atoms with E-state index in [0.717, 1.165) is 36.6 Å². The van der Waals surface area contributed by atoms with Gasteiger partial charge in [-0.1, -0.05) is 38.0 Å². The highest BCUT2D eigenvalue weighted by molar-refractivity contribution is 6.06. The molecule has 2 fully saturated rings. The second-order valence-electron chi connectivity index (χ2n) is 7.74. The van der Waals surface area contributed by atoms with Gasteiger partial charge in [-0.25, -0.2) is 5.01 Å². The van der Waals surface area contributed by atoms with Crippen molar-refractivity contribution >= 4 is 28.6 Å². The Labute approximate surface area is 157 Å². The van der Waals surface area contributed by atoms with E-state index in [1.165, 1.54) is 0 Å². The molecule has 3 amide bonds. The molecule has 142 valence electrons. The molecule has 0 radical (unpaired) electrons. The molecular formula is C20H24N4O3. The van der Waals surface area contributed by atoms with Crippen molar-refractivity contribution in [2.24, 2.45) is 11.7 Å². The molecule has 7 heteroatoms. The predicted molar refractivity (Wildman–Crippen MR) is 100 cm³/mol. The van der Waals surface area contributed by atoms with E-state index in [9.17, 15) is 14.4 Å². The molecule has 1 saturated heterocycles. The van der Waals surface area contributed by atoms with E-state index in [-0.39, 0.29) is 24.3 Å². The minimum atomic E-state index is -0.524.